The van der Waals surface area contributed by atoms with Gasteiger partial charge in [-0.05, 0) is 50.4 Å². The predicted molar refractivity (Wildman–Crippen MR) is 89.5 cm³/mol. The molecule has 1 amide bonds. The van der Waals surface area contributed by atoms with Crippen LogP contribution in [-0.2, 0) is 4.79 Å². The molecule has 4 nitrogen and oxygen atoms in total. The van der Waals surface area contributed by atoms with Gasteiger partial charge in [0, 0.05) is 18.8 Å². The second-order valence-corrected chi connectivity index (χ2v) is 5.99. The quantitative estimate of drug-likeness (QED) is 0.773. The number of nitrogens with one attached hydrogen (secondary N) is 1. The van der Waals surface area contributed by atoms with Crippen LogP contribution in [0.5, 0.6) is 0 Å². The van der Waals surface area contributed by atoms with Crippen molar-refractivity contribution < 1.29 is 4.79 Å². The highest BCUT2D eigenvalue weighted by atomic mass is 16.2. The molecule has 0 saturated heterocycles. The number of rotatable bonds is 8. The molecule has 0 aliphatic rings. The van der Waals surface area contributed by atoms with Crippen LogP contribution in [0.3, 0.4) is 0 Å². The van der Waals surface area contributed by atoms with E-state index < -0.39 is 0 Å². The van der Waals surface area contributed by atoms with Gasteiger partial charge in [0.25, 0.3) is 0 Å². The van der Waals surface area contributed by atoms with Crippen molar-refractivity contribution >= 4 is 11.6 Å². The zero-order valence-electron chi connectivity index (χ0n) is 13.7. The molecule has 0 aromatic heterocycles. The van der Waals surface area contributed by atoms with Gasteiger partial charge >= 0.3 is 0 Å². The Labute approximate surface area is 128 Å². The van der Waals surface area contributed by atoms with Crippen molar-refractivity contribution in [3.8, 4) is 0 Å². The minimum atomic E-state index is -0.197. The van der Waals surface area contributed by atoms with Crippen LogP contribution in [0.1, 0.15) is 32.8 Å². The third kappa shape index (κ3) is 5.76. The van der Waals surface area contributed by atoms with E-state index in [1.807, 2.05) is 13.0 Å². The SMILES string of the molecule is Cc1cccc(N(CCCN)C(C)C(=O)NCC(C)C)c1. The zero-order chi connectivity index (χ0) is 15.8. The number of nitrogens with two attached hydrogens (primary N) is 1. The summed E-state index contributed by atoms with van der Waals surface area (Å²) >= 11 is 0. The lowest BCUT2D eigenvalue weighted by molar-refractivity contribution is -0.122. The monoisotopic (exact) mass is 291 g/mol. The molecule has 0 aliphatic heterocycles. The Hall–Kier alpha value is -1.55. The van der Waals surface area contributed by atoms with Crippen LogP contribution in [0.2, 0.25) is 0 Å². The summed E-state index contributed by atoms with van der Waals surface area (Å²) < 4.78 is 0. The van der Waals surface area contributed by atoms with Crippen molar-refractivity contribution in [3.05, 3.63) is 29.8 Å². The van der Waals surface area contributed by atoms with E-state index in [1.54, 1.807) is 0 Å². The molecule has 21 heavy (non-hydrogen) atoms. The van der Waals surface area contributed by atoms with Crippen molar-refractivity contribution in [2.75, 3.05) is 24.5 Å². The minimum Gasteiger partial charge on any atom is -0.360 e. The van der Waals surface area contributed by atoms with E-state index in [0.717, 1.165) is 18.7 Å². The van der Waals surface area contributed by atoms with Crippen LogP contribution < -0.4 is 16.0 Å². The summed E-state index contributed by atoms with van der Waals surface area (Å²) in [6.07, 6.45) is 0.871. The van der Waals surface area contributed by atoms with Gasteiger partial charge in [0.05, 0.1) is 0 Å². The molecule has 4 heteroatoms. The number of amides is 1. The van der Waals surface area contributed by atoms with E-state index in [2.05, 4.69) is 49.2 Å². The van der Waals surface area contributed by atoms with Gasteiger partial charge in [-0.3, -0.25) is 4.79 Å². The maximum Gasteiger partial charge on any atom is 0.242 e. The topological polar surface area (TPSA) is 58.4 Å². The molecule has 1 aromatic rings. The van der Waals surface area contributed by atoms with E-state index in [0.29, 0.717) is 19.0 Å². The number of hydrogen-bond donors (Lipinski definition) is 2. The van der Waals surface area contributed by atoms with E-state index in [1.165, 1.54) is 5.56 Å². The molecule has 0 fully saturated rings. The Morgan fingerprint density at radius 2 is 2.05 bits per heavy atom. The summed E-state index contributed by atoms with van der Waals surface area (Å²) in [4.78, 5) is 14.5. The van der Waals surface area contributed by atoms with Gasteiger partial charge in [-0.25, -0.2) is 0 Å². The number of anilines is 1. The second-order valence-electron chi connectivity index (χ2n) is 5.99. The summed E-state index contributed by atoms with van der Waals surface area (Å²) in [6, 6.07) is 8.06. The van der Waals surface area contributed by atoms with Crippen LogP contribution in [0, 0.1) is 12.8 Å². The minimum absolute atomic E-state index is 0.0715. The van der Waals surface area contributed by atoms with Crippen LogP contribution >= 0.6 is 0 Å². The van der Waals surface area contributed by atoms with Gasteiger partial charge in [0.15, 0.2) is 0 Å². The van der Waals surface area contributed by atoms with Gasteiger partial charge < -0.3 is 16.0 Å². The molecule has 0 heterocycles. The average molecular weight is 291 g/mol. The fourth-order valence-electron chi connectivity index (χ4n) is 2.21. The molecular weight excluding hydrogens is 262 g/mol. The maximum atomic E-state index is 12.3. The van der Waals surface area contributed by atoms with Gasteiger partial charge in [-0.15, -0.1) is 0 Å². The normalized spacial score (nSPS) is 12.3. The molecule has 0 saturated carbocycles. The molecule has 0 aliphatic carbocycles. The Balaban J connectivity index is 2.83. The van der Waals surface area contributed by atoms with E-state index in [9.17, 15) is 4.79 Å². The number of aryl methyl sites for hydroxylation is 1. The lowest BCUT2D eigenvalue weighted by atomic mass is 10.1. The third-order valence-electron chi connectivity index (χ3n) is 3.47. The Morgan fingerprint density at radius 3 is 2.62 bits per heavy atom. The Kier molecular flexibility index (Phi) is 7.23. The van der Waals surface area contributed by atoms with Crippen LogP contribution in [0.4, 0.5) is 5.69 Å². The molecule has 0 spiro atoms. The molecule has 0 radical (unpaired) electrons. The predicted octanol–water partition coefficient (Wildman–Crippen LogP) is 2.31. The van der Waals surface area contributed by atoms with E-state index >= 15 is 0 Å². The first-order valence-electron chi connectivity index (χ1n) is 7.76. The highest BCUT2D eigenvalue weighted by molar-refractivity contribution is 5.84. The smallest absolute Gasteiger partial charge is 0.242 e. The van der Waals surface area contributed by atoms with Crippen molar-refractivity contribution in [3.63, 3.8) is 0 Å². The second kappa shape index (κ2) is 8.67. The number of carbonyl (C=O) groups is 1. The first-order chi connectivity index (χ1) is 9.95. The van der Waals surface area contributed by atoms with Crippen molar-refractivity contribution in [1.29, 1.82) is 0 Å². The van der Waals surface area contributed by atoms with Crippen LogP contribution in [-0.4, -0.2) is 31.6 Å². The highest BCUT2D eigenvalue weighted by Crippen LogP contribution is 2.19. The van der Waals surface area contributed by atoms with Gasteiger partial charge in [0.1, 0.15) is 6.04 Å². The summed E-state index contributed by atoms with van der Waals surface area (Å²) in [5.74, 6) is 0.528. The zero-order valence-corrected chi connectivity index (χ0v) is 13.7. The van der Waals surface area contributed by atoms with Crippen molar-refractivity contribution in [2.45, 2.75) is 40.2 Å². The maximum absolute atomic E-state index is 12.3. The number of nitrogens with zero attached hydrogens (tertiary/aromatic N) is 1. The first-order valence-corrected chi connectivity index (χ1v) is 7.76. The molecule has 1 atom stereocenters. The molecular formula is C17H29N3O. The molecule has 0 bridgehead atoms. The molecule has 1 unspecified atom stereocenters. The van der Waals surface area contributed by atoms with Gasteiger partial charge in [-0.1, -0.05) is 26.0 Å². The molecule has 1 aromatic carbocycles. The van der Waals surface area contributed by atoms with E-state index in [4.69, 9.17) is 5.73 Å². The summed E-state index contributed by atoms with van der Waals surface area (Å²) in [5.41, 5.74) is 7.91. The van der Waals surface area contributed by atoms with Crippen molar-refractivity contribution in [1.82, 2.24) is 5.32 Å². The fourth-order valence-corrected chi connectivity index (χ4v) is 2.21. The van der Waals surface area contributed by atoms with Crippen LogP contribution in [0.15, 0.2) is 24.3 Å². The van der Waals surface area contributed by atoms with Gasteiger partial charge in [-0.2, -0.15) is 0 Å². The summed E-state index contributed by atoms with van der Waals surface area (Å²) in [6.45, 7) is 10.3. The Morgan fingerprint density at radius 1 is 1.33 bits per heavy atom. The Bertz CT molecular complexity index is 445. The lowest BCUT2D eigenvalue weighted by Crippen LogP contribution is -2.47. The molecule has 1 rings (SSSR count). The van der Waals surface area contributed by atoms with Gasteiger partial charge in [0.2, 0.25) is 5.91 Å². The summed E-state index contributed by atoms with van der Waals surface area (Å²) in [5, 5.41) is 3.01. The lowest BCUT2D eigenvalue weighted by Gasteiger charge is -2.31. The van der Waals surface area contributed by atoms with E-state index in [-0.39, 0.29) is 11.9 Å². The number of hydrogen-bond acceptors (Lipinski definition) is 3. The molecule has 3 N–H and O–H groups in total. The third-order valence-corrected chi connectivity index (χ3v) is 3.47. The largest absolute Gasteiger partial charge is 0.360 e. The number of carbonyl (C=O) groups excluding carboxylic acids is 1. The average Bonchev–Trinajstić information content (AvgIpc) is 2.45. The van der Waals surface area contributed by atoms with Crippen molar-refractivity contribution in [2.24, 2.45) is 11.7 Å². The summed E-state index contributed by atoms with van der Waals surface area (Å²) in [7, 11) is 0. The fraction of sp³-hybridized carbons (Fsp3) is 0.588. The standard InChI is InChI=1S/C17H29N3O/c1-13(2)12-19-17(21)15(4)20(10-6-9-18)16-8-5-7-14(3)11-16/h5,7-8,11,13,15H,6,9-10,12,18H2,1-4H3,(H,19,21). The molecule has 118 valence electrons. The highest BCUT2D eigenvalue weighted by Gasteiger charge is 2.21. The first kappa shape index (κ1) is 17.5. The van der Waals surface area contributed by atoms with Crippen LogP contribution in [0.25, 0.3) is 0 Å². The number of benzene rings is 1.